The molecule has 19 heavy (non-hydrogen) atoms. The van der Waals surface area contributed by atoms with Crippen molar-refractivity contribution in [2.45, 2.75) is 24.0 Å². The molecule has 2 aromatic rings. The smallest absolute Gasteiger partial charge is 0.227 e. The summed E-state index contributed by atoms with van der Waals surface area (Å²) in [6, 6.07) is 10.7. The highest BCUT2D eigenvalue weighted by atomic mass is 32.2. The van der Waals surface area contributed by atoms with Gasteiger partial charge in [-0.25, -0.2) is 4.98 Å². The Hall–Kier alpha value is -1.75. The lowest BCUT2D eigenvalue weighted by Crippen LogP contribution is -2.13. The second-order valence-corrected chi connectivity index (χ2v) is 5.59. The van der Waals surface area contributed by atoms with Crippen LogP contribution in [0.2, 0.25) is 0 Å². The second kappa shape index (κ2) is 5.09. The highest BCUT2D eigenvalue weighted by Gasteiger charge is 2.29. The van der Waals surface area contributed by atoms with Crippen LogP contribution < -0.4 is 5.73 Å². The van der Waals surface area contributed by atoms with Gasteiger partial charge in [0.15, 0.2) is 5.16 Å². The number of imidazole rings is 1. The molecule has 1 saturated carbocycles. The van der Waals surface area contributed by atoms with Gasteiger partial charge in [-0.15, -0.1) is 0 Å². The van der Waals surface area contributed by atoms with E-state index in [1.807, 2.05) is 24.4 Å². The van der Waals surface area contributed by atoms with Gasteiger partial charge in [0.1, 0.15) is 0 Å². The molecular formula is C14H15N3OS. The summed E-state index contributed by atoms with van der Waals surface area (Å²) < 4.78 is 2.24. The molecule has 0 aliphatic heterocycles. The molecule has 0 saturated heterocycles. The summed E-state index contributed by atoms with van der Waals surface area (Å²) in [5, 5.41) is 0.889. The molecule has 0 bridgehead atoms. The average Bonchev–Trinajstić information content (AvgIpc) is 3.17. The van der Waals surface area contributed by atoms with Crippen LogP contribution in [-0.4, -0.2) is 21.2 Å². The Morgan fingerprint density at radius 3 is 2.74 bits per heavy atom. The highest BCUT2D eigenvalue weighted by Crippen LogP contribution is 2.41. The molecule has 5 heteroatoms. The molecule has 1 aromatic heterocycles. The maximum atomic E-state index is 10.9. The van der Waals surface area contributed by atoms with E-state index in [4.69, 9.17) is 5.73 Å². The highest BCUT2D eigenvalue weighted by molar-refractivity contribution is 7.99. The molecule has 0 atom stereocenters. The predicted octanol–water partition coefficient (Wildman–Crippen LogP) is 2.46. The van der Waals surface area contributed by atoms with Crippen molar-refractivity contribution >= 4 is 17.7 Å². The molecule has 0 spiro atoms. The van der Waals surface area contributed by atoms with Gasteiger partial charge in [0.25, 0.3) is 0 Å². The number of nitrogens with zero attached hydrogens (tertiary/aromatic N) is 2. The van der Waals surface area contributed by atoms with Crippen molar-refractivity contribution in [2.75, 3.05) is 5.75 Å². The number of hydrogen-bond acceptors (Lipinski definition) is 3. The van der Waals surface area contributed by atoms with E-state index in [0.717, 1.165) is 16.4 Å². The van der Waals surface area contributed by atoms with Gasteiger partial charge in [0, 0.05) is 6.04 Å². The fourth-order valence-electron chi connectivity index (χ4n) is 2.09. The summed E-state index contributed by atoms with van der Waals surface area (Å²) >= 11 is 1.42. The molecule has 1 heterocycles. The van der Waals surface area contributed by atoms with Crippen LogP contribution in [0.4, 0.5) is 0 Å². The van der Waals surface area contributed by atoms with Gasteiger partial charge in [0.05, 0.1) is 17.6 Å². The summed E-state index contributed by atoms with van der Waals surface area (Å²) in [6.07, 6.45) is 4.25. The number of thioether (sulfide) groups is 1. The monoisotopic (exact) mass is 273 g/mol. The van der Waals surface area contributed by atoms with E-state index in [-0.39, 0.29) is 11.7 Å². The normalized spacial score (nSPS) is 14.5. The maximum absolute atomic E-state index is 10.9. The van der Waals surface area contributed by atoms with Crippen LogP contribution in [0, 0.1) is 0 Å². The van der Waals surface area contributed by atoms with E-state index in [1.54, 1.807) is 0 Å². The van der Waals surface area contributed by atoms with Crippen molar-refractivity contribution in [2.24, 2.45) is 5.73 Å². The quantitative estimate of drug-likeness (QED) is 0.851. The van der Waals surface area contributed by atoms with Gasteiger partial charge in [-0.3, -0.25) is 4.79 Å². The van der Waals surface area contributed by atoms with Gasteiger partial charge in [-0.2, -0.15) is 0 Å². The predicted molar refractivity (Wildman–Crippen MR) is 75.9 cm³/mol. The summed E-state index contributed by atoms with van der Waals surface area (Å²) in [5.74, 6) is -0.0329. The van der Waals surface area contributed by atoms with Crippen LogP contribution in [0.1, 0.15) is 18.9 Å². The number of rotatable bonds is 5. The minimum atomic E-state index is -0.309. The SMILES string of the molecule is NC(=O)CSc1ncc(-c2ccccc2)n1C1CC1. The van der Waals surface area contributed by atoms with Gasteiger partial charge in [0.2, 0.25) is 5.91 Å². The molecular weight excluding hydrogens is 258 g/mol. The molecule has 0 unspecified atom stereocenters. The first-order valence-electron chi connectivity index (χ1n) is 6.29. The molecule has 1 aliphatic rings. The lowest BCUT2D eigenvalue weighted by molar-refractivity contribution is -0.115. The summed E-state index contributed by atoms with van der Waals surface area (Å²) in [4.78, 5) is 15.4. The number of benzene rings is 1. The second-order valence-electron chi connectivity index (χ2n) is 4.65. The van der Waals surface area contributed by atoms with Crippen LogP contribution >= 0.6 is 11.8 Å². The molecule has 1 aliphatic carbocycles. The van der Waals surface area contributed by atoms with Crippen molar-refractivity contribution in [3.63, 3.8) is 0 Å². The largest absolute Gasteiger partial charge is 0.369 e. The minimum Gasteiger partial charge on any atom is -0.369 e. The zero-order valence-electron chi connectivity index (χ0n) is 10.5. The molecule has 3 rings (SSSR count). The van der Waals surface area contributed by atoms with E-state index in [9.17, 15) is 4.79 Å². The van der Waals surface area contributed by atoms with Crippen molar-refractivity contribution in [3.05, 3.63) is 36.5 Å². The minimum absolute atomic E-state index is 0.276. The molecule has 1 aromatic carbocycles. The first-order chi connectivity index (χ1) is 9.25. The number of primary amides is 1. The lowest BCUT2D eigenvalue weighted by atomic mass is 10.2. The van der Waals surface area contributed by atoms with E-state index >= 15 is 0 Å². The molecule has 1 fully saturated rings. The summed E-state index contributed by atoms with van der Waals surface area (Å²) in [5.41, 5.74) is 7.48. The molecule has 1 amide bonds. The van der Waals surface area contributed by atoms with E-state index in [0.29, 0.717) is 6.04 Å². The lowest BCUT2D eigenvalue weighted by Gasteiger charge is -2.10. The topological polar surface area (TPSA) is 60.9 Å². The molecule has 4 nitrogen and oxygen atoms in total. The first kappa shape index (κ1) is 12.3. The number of nitrogens with two attached hydrogens (primary N) is 1. The summed E-state index contributed by atoms with van der Waals surface area (Å²) in [6.45, 7) is 0. The third-order valence-corrected chi connectivity index (χ3v) is 4.08. The van der Waals surface area contributed by atoms with Crippen LogP contribution in [0.25, 0.3) is 11.3 Å². The van der Waals surface area contributed by atoms with E-state index in [2.05, 4.69) is 21.7 Å². The molecule has 2 N–H and O–H groups in total. The summed E-state index contributed by atoms with van der Waals surface area (Å²) in [7, 11) is 0. The van der Waals surface area contributed by atoms with Crippen molar-refractivity contribution in [1.82, 2.24) is 9.55 Å². The van der Waals surface area contributed by atoms with Gasteiger partial charge >= 0.3 is 0 Å². The van der Waals surface area contributed by atoms with Crippen LogP contribution in [0.5, 0.6) is 0 Å². The number of aromatic nitrogens is 2. The van der Waals surface area contributed by atoms with Crippen molar-refractivity contribution in [3.8, 4) is 11.3 Å². The number of carbonyl (C=O) groups is 1. The van der Waals surface area contributed by atoms with Crippen LogP contribution in [-0.2, 0) is 4.79 Å². The van der Waals surface area contributed by atoms with Crippen LogP contribution in [0.15, 0.2) is 41.7 Å². The standard InChI is InChI=1S/C14H15N3OS/c15-13(18)9-19-14-16-8-12(17(14)11-6-7-11)10-4-2-1-3-5-10/h1-5,8,11H,6-7,9H2,(H2,15,18). The third kappa shape index (κ3) is 2.66. The van der Waals surface area contributed by atoms with Gasteiger partial charge in [-0.1, -0.05) is 42.1 Å². The number of carbonyl (C=O) groups excluding carboxylic acids is 1. The maximum Gasteiger partial charge on any atom is 0.227 e. The zero-order valence-corrected chi connectivity index (χ0v) is 11.3. The first-order valence-corrected chi connectivity index (χ1v) is 7.28. The number of hydrogen-bond donors (Lipinski definition) is 1. The van der Waals surface area contributed by atoms with Crippen LogP contribution in [0.3, 0.4) is 0 Å². The fraction of sp³-hybridized carbons (Fsp3) is 0.286. The van der Waals surface area contributed by atoms with Crippen molar-refractivity contribution < 1.29 is 4.79 Å². The fourth-order valence-corrected chi connectivity index (χ4v) is 2.88. The van der Waals surface area contributed by atoms with Crippen molar-refractivity contribution in [1.29, 1.82) is 0 Å². The third-order valence-electron chi connectivity index (χ3n) is 3.09. The Morgan fingerprint density at radius 2 is 2.11 bits per heavy atom. The van der Waals surface area contributed by atoms with Gasteiger partial charge in [-0.05, 0) is 18.4 Å². The number of amides is 1. The Kier molecular flexibility index (Phi) is 3.29. The average molecular weight is 273 g/mol. The van der Waals surface area contributed by atoms with E-state index < -0.39 is 0 Å². The molecule has 0 radical (unpaired) electrons. The Morgan fingerprint density at radius 1 is 1.37 bits per heavy atom. The Balaban J connectivity index is 1.94. The molecule has 98 valence electrons. The zero-order chi connectivity index (χ0) is 13.2. The van der Waals surface area contributed by atoms with Gasteiger partial charge < -0.3 is 10.3 Å². The van der Waals surface area contributed by atoms with E-state index in [1.165, 1.54) is 24.6 Å². The Bertz CT molecular complexity index is 590. The Labute approximate surface area is 116 Å².